The van der Waals surface area contributed by atoms with E-state index in [2.05, 4.69) is 49.9 Å². The van der Waals surface area contributed by atoms with Crippen LogP contribution in [0.2, 0.25) is 5.02 Å². The lowest BCUT2D eigenvalue weighted by atomic mass is 9.87. The molecule has 1 N–H and O–H groups in total. The van der Waals surface area contributed by atoms with Gasteiger partial charge in [-0.3, -0.25) is 0 Å². The second kappa shape index (κ2) is 5.89. The quantitative estimate of drug-likeness (QED) is 0.909. The SMILES string of the molecule is CNCc1nc(N(C)C(C)C(C)(C)C)ccc1Cl. The van der Waals surface area contributed by atoms with Gasteiger partial charge >= 0.3 is 0 Å². The molecule has 0 saturated heterocycles. The Labute approximate surface area is 116 Å². The number of hydrogen-bond donors (Lipinski definition) is 1. The molecule has 0 bridgehead atoms. The lowest BCUT2D eigenvalue weighted by Crippen LogP contribution is -2.39. The van der Waals surface area contributed by atoms with Crippen molar-refractivity contribution in [2.75, 3.05) is 19.0 Å². The first-order valence-corrected chi connectivity index (χ1v) is 6.68. The minimum atomic E-state index is 0.208. The highest BCUT2D eigenvalue weighted by molar-refractivity contribution is 6.31. The van der Waals surface area contributed by atoms with Gasteiger partial charge in [0, 0.05) is 19.6 Å². The highest BCUT2D eigenvalue weighted by Crippen LogP contribution is 2.27. The summed E-state index contributed by atoms with van der Waals surface area (Å²) in [4.78, 5) is 6.83. The van der Waals surface area contributed by atoms with Gasteiger partial charge in [-0.1, -0.05) is 32.4 Å². The van der Waals surface area contributed by atoms with E-state index in [0.717, 1.165) is 11.5 Å². The first-order chi connectivity index (χ1) is 8.27. The summed E-state index contributed by atoms with van der Waals surface area (Å²) in [6, 6.07) is 4.29. The van der Waals surface area contributed by atoms with Crippen LogP contribution in [-0.4, -0.2) is 25.1 Å². The van der Waals surface area contributed by atoms with Crippen LogP contribution in [0, 0.1) is 5.41 Å². The molecule has 3 nitrogen and oxygen atoms in total. The summed E-state index contributed by atoms with van der Waals surface area (Å²) in [7, 11) is 3.97. The Morgan fingerprint density at radius 2 is 2.00 bits per heavy atom. The van der Waals surface area contributed by atoms with Gasteiger partial charge in [0.05, 0.1) is 10.7 Å². The zero-order valence-corrected chi connectivity index (χ0v) is 13.0. The van der Waals surface area contributed by atoms with Gasteiger partial charge in [-0.2, -0.15) is 0 Å². The molecule has 1 aromatic heterocycles. The van der Waals surface area contributed by atoms with E-state index in [4.69, 9.17) is 11.6 Å². The molecule has 0 aliphatic carbocycles. The summed E-state index contributed by atoms with van der Waals surface area (Å²) in [6.45, 7) is 9.61. The monoisotopic (exact) mass is 269 g/mol. The number of halogens is 1. The molecule has 0 fully saturated rings. The van der Waals surface area contributed by atoms with Crippen LogP contribution >= 0.6 is 11.6 Å². The molecular formula is C14H24ClN3. The van der Waals surface area contributed by atoms with Gasteiger partial charge in [0.25, 0.3) is 0 Å². The Bertz CT molecular complexity index is 399. The maximum Gasteiger partial charge on any atom is 0.128 e. The van der Waals surface area contributed by atoms with Crippen LogP contribution < -0.4 is 10.2 Å². The third-order valence-electron chi connectivity index (χ3n) is 3.44. The molecule has 0 aromatic carbocycles. The standard InChI is InChI=1S/C14H24ClN3/c1-10(14(2,3)4)18(6)13-8-7-11(15)12(17-13)9-16-5/h7-8,10,16H,9H2,1-6H3. The van der Waals surface area contributed by atoms with E-state index in [1.807, 2.05) is 19.2 Å². The Morgan fingerprint density at radius 1 is 1.39 bits per heavy atom. The predicted molar refractivity (Wildman–Crippen MR) is 79.3 cm³/mol. The maximum absolute atomic E-state index is 6.13. The molecule has 0 aliphatic rings. The van der Waals surface area contributed by atoms with Crippen LogP contribution in [0.1, 0.15) is 33.4 Å². The van der Waals surface area contributed by atoms with Crippen LogP contribution in [0.25, 0.3) is 0 Å². The number of aromatic nitrogens is 1. The number of rotatable bonds is 4. The first-order valence-electron chi connectivity index (χ1n) is 6.30. The van der Waals surface area contributed by atoms with Gasteiger partial charge in [-0.25, -0.2) is 4.98 Å². The maximum atomic E-state index is 6.13. The molecule has 1 rings (SSSR count). The molecule has 4 heteroatoms. The van der Waals surface area contributed by atoms with Crippen molar-refractivity contribution in [2.24, 2.45) is 5.41 Å². The van der Waals surface area contributed by atoms with E-state index in [1.54, 1.807) is 0 Å². The van der Waals surface area contributed by atoms with Crippen molar-refractivity contribution in [3.05, 3.63) is 22.8 Å². The Kier molecular flexibility index (Phi) is 5.00. The fourth-order valence-electron chi connectivity index (χ4n) is 1.74. The van der Waals surface area contributed by atoms with Crippen LogP contribution in [0.15, 0.2) is 12.1 Å². The van der Waals surface area contributed by atoms with Crippen molar-refractivity contribution < 1.29 is 0 Å². The van der Waals surface area contributed by atoms with Gasteiger partial charge in [-0.15, -0.1) is 0 Å². The molecule has 0 spiro atoms. The molecule has 18 heavy (non-hydrogen) atoms. The number of nitrogens with one attached hydrogen (secondary N) is 1. The van der Waals surface area contributed by atoms with Crippen LogP contribution in [0.3, 0.4) is 0 Å². The van der Waals surface area contributed by atoms with Crippen molar-refractivity contribution in [1.82, 2.24) is 10.3 Å². The average Bonchev–Trinajstić information content (AvgIpc) is 2.29. The topological polar surface area (TPSA) is 28.2 Å². The molecule has 0 saturated carbocycles. The van der Waals surface area contributed by atoms with E-state index >= 15 is 0 Å². The number of nitrogens with zero attached hydrogens (tertiary/aromatic N) is 2. The molecule has 0 aliphatic heterocycles. The lowest BCUT2D eigenvalue weighted by molar-refractivity contribution is 0.328. The summed E-state index contributed by atoms with van der Waals surface area (Å²) >= 11 is 6.13. The summed E-state index contributed by atoms with van der Waals surface area (Å²) < 4.78 is 0. The summed E-state index contributed by atoms with van der Waals surface area (Å²) in [5, 5.41) is 3.80. The summed E-state index contributed by atoms with van der Waals surface area (Å²) in [5.41, 5.74) is 1.10. The van der Waals surface area contributed by atoms with Gasteiger partial charge in [0.15, 0.2) is 0 Å². The Morgan fingerprint density at radius 3 is 2.50 bits per heavy atom. The van der Waals surface area contributed by atoms with Gasteiger partial charge < -0.3 is 10.2 Å². The fraction of sp³-hybridized carbons (Fsp3) is 0.643. The van der Waals surface area contributed by atoms with Crippen LogP contribution in [0.4, 0.5) is 5.82 Å². The van der Waals surface area contributed by atoms with Gasteiger partial charge in [-0.05, 0) is 31.5 Å². The van der Waals surface area contributed by atoms with Crippen LogP contribution in [-0.2, 0) is 6.54 Å². The Hall–Kier alpha value is -0.800. The molecule has 1 atom stereocenters. The van der Waals surface area contributed by atoms with E-state index in [0.29, 0.717) is 17.6 Å². The third-order valence-corrected chi connectivity index (χ3v) is 3.79. The average molecular weight is 270 g/mol. The summed E-state index contributed by atoms with van der Waals surface area (Å²) in [6.07, 6.45) is 0. The second-order valence-corrected chi connectivity index (χ2v) is 6.19. The largest absolute Gasteiger partial charge is 0.356 e. The lowest BCUT2D eigenvalue weighted by Gasteiger charge is -2.36. The van der Waals surface area contributed by atoms with E-state index in [1.165, 1.54) is 0 Å². The molecule has 1 aromatic rings. The number of anilines is 1. The van der Waals surface area contributed by atoms with E-state index in [-0.39, 0.29) is 5.41 Å². The minimum absolute atomic E-state index is 0.208. The van der Waals surface area contributed by atoms with Crippen molar-refractivity contribution >= 4 is 17.4 Å². The molecule has 0 radical (unpaired) electrons. The first kappa shape index (κ1) is 15.3. The van der Waals surface area contributed by atoms with E-state index in [9.17, 15) is 0 Å². The third kappa shape index (κ3) is 3.59. The second-order valence-electron chi connectivity index (χ2n) is 5.78. The molecule has 0 amide bonds. The Balaban J connectivity index is 2.99. The van der Waals surface area contributed by atoms with Crippen molar-refractivity contribution in [1.29, 1.82) is 0 Å². The molecular weight excluding hydrogens is 246 g/mol. The number of pyridine rings is 1. The molecule has 1 heterocycles. The zero-order chi connectivity index (χ0) is 13.9. The normalized spacial score (nSPS) is 13.5. The van der Waals surface area contributed by atoms with Crippen molar-refractivity contribution in [3.63, 3.8) is 0 Å². The molecule has 102 valence electrons. The van der Waals surface area contributed by atoms with Crippen molar-refractivity contribution in [3.8, 4) is 0 Å². The van der Waals surface area contributed by atoms with Crippen LogP contribution in [0.5, 0.6) is 0 Å². The van der Waals surface area contributed by atoms with E-state index < -0.39 is 0 Å². The van der Waals surface area contributed by atoms with Gasteiger partial charge in [0.1, 0.15) is 5.82 Å². The zero-order valence-electron chi connectivity index (χ0n) is 12.2. The smallest absolute Gasteiger partial charge is 0.128 e. The highest BCUT2D eigenvalue weighted by Gasteiger charge is 2.25. The fourth-order valence-corrected chi connectivity index (χ4v) is 1.91. The predicted octanol–water partition coefficient (Wildman–Crippen LogP) is 3.33. The molecule has 1 unspecified atom stereocenters. The highest BCUT2D eigenvalue weighted by atomic mass is 35.5. The number of hydrogen-bond acceptors (Lipinski definition) is 3. The minimum Gasteiger partial charge on any atom is -0.356 e. The van der Waals surface area contributed by atoms with Gasteiger partial charge in [0.2, 0.25) is 0 Å². The van der Waals surface area contributed by atoms with Crippen molar-refractivity contribution in [2.45, 2.75) is 40.3 Å². The summed E-state index contributed by atoms with van der Waals surface area (Å²) in [5.74, 6) is 0.965.